The normalized spacial score (nSPS) is 16.6. The molecule has 1 aliphatic rings. The number of carbonyl (C=O) groups excluding carboxylic acids is 1. The van der Waals surface area contributed by atoms with Crippen LogP contribution in [0.15, 0.2) is 46.2 Å². The summed E-state index contributed by atoms with van der Waals surface area (Å²) in [4.78, 5) is 28.5. The molecule has 3 aromatic rings. The molecule has 0 spiro atoms. The van der Waals surface area contributed by atoms with Gasteiger partial charge in [-0.25, -0.2) is 13.4 Å². The van der Waals surface area contributed by atoms with E-state index in [9.17, 15) is 18.0 Å². The van der Waals surface area contributed by atoms with Crippen LogP contribution >= 0.6 is 23.2 Å². The predicted octanol–water partition coefficient (Wildman–Crippen LogP) is 3.21. The van der Waals surface area contributed by atoms with E-state index in [1.54, 1.807) is 25.3 Å². The summed E-state index contributed by atoms with van der Waals surface area (Å²) in [5.74, 6) is -0.322. The zero-order valence-corrected chi connectivity index (χ0v) is 20.7. The van der Waals surface area contributed by atoms with Gasteiger partial charge in [0.05, 0.1) is 12.1 Å². The van der Waals surface area contributed by atoms with Gasteiger partial charge in [-0.3, -0.25) is 14.0 Å². The molecule has 0 N–H and O–H groups in total. The Bertz CT molecular complexity index is 1440. The van der Waals surface area contributed by atoms with Crippen molar-refractivity contribution in [2.45, 2.75) is 37.3 Å². The number of sulfonamides is 1. The van der Waals surface area contributed by atoms with Crippen LogP contribution in [0.25, 0.3) is 5.65 Å². The van der Waals surface area contributed by atoms with Crippen molar-refractivity contribution in [3.63, 3.8) is 0 Å². The van der Waals surface area contributed by atoms with E-state index in [0.29, 0.717) is 29.9 Å². The highest BCUT2D eigenvalue weighted by Crippen LogP contribution is 2.36. The smallest absolute Gasteiger partial charge is 0.324 e. The van der Waals surface area contributed by atoms with Crippen LogP contribution in [0.2, 0.25) is 10.0 Å². The molecule has 1 fully saturated rings. The second kappa shape index (κ2) is 9.53. The number of esters is 1. The van der Waals surface area contributed by atoms with E-state index in [4.69, 9.17) is 32.7 Å². The quantitative estimate of drug-likeness (QED) is 0.454. The van der Waals surface area contributed by atoms with Crippen molar-refractivity contribution >= 4 is 44.8 Å². The second-order valence-electron chi connectivity index (χ2n) is 7.73. The second-order valence-corrected chi connectivity index (χ2v) is 10.4. The summed E-state index contributed by atoms with van der Waals surface area (Å²) in [6.45, 7) is 1.69. The lowest BCUT2D eigenvalue weighted by Gasteiger charge is -2.23. The van der Waals surface area contributed by atoms with Crippen molar-refractivity contribution < 1.29 is 22.7 Å². The van der Waals surface area contributed by atoms with Crippen LogP contribution in [-0.2, 0) is 26.2 Å². The van der Waals surface area contributed by atoms with Crippen molar-refractivity contribution in [1.29, 1.82) is 0 Å². The van der Waals surface area contributed by atoms with E-state index in [1.165, 1.54) is 29.7 Å². The monoisotopic (exact) mass is 525 g/mol. The number of aryl methyl sites for hydroxylation is 1. The number of benzene rings is 1. The first kappa shape index (κ1) is 24.5. The molecule has 0 unspecified atom stereocenters. The molecule has 3 heterocycles. The van der Waals surface area contributed by atoms with Gasteiger partial charge in [0.1, 0.15) is 17.5 Å². The number of aromatic nitrogens is 2. The highest BCUT2D eigenvalue weighted by molar-refractivity contribution is 7.89. The van der Waals surface area contributed by atoms with E-state index in [2.05, 4.69) is 4.98 Å². The van der Waals surface area contributed by atoms with E-state index >= 15 is 0 Å². The van der Waals surface area contributed by atoms with Crippen molar-refractivity contribution in [2.75, 3.05) is 13.7 Å². The summed E-state index contributed by atoms with van der Waals surface area (Å²) in [6, 6.07) is 6.47. The minimum Gasteiger partial charge on any atom is -0.485 e. The minimum atomic E-state index is -4.11. The zero-order chi connectivity index (χ0) is 24.6. The Morgan fingerprint density at radius 1 is 1.26 bits per heavy atom. The topological polar surface area (TPSA) is 107 Å². The first-order valence-corrected chi connectivity index (χ1v) is 12.5. The third-order valence-electron chi connectivity index (χ3n) is 5.57. The molecule has 180 valence electrons. The molecule has 34 heavy (non-hydrogen) atoms. The van der Waals surface area contributed by atoms with Crippen LogP contribution in [-0.4, -0.2) is 47.8 Å². The van der Waals surface area contributed by atoms with E-state index in [0.717, 1.165) is 4.31 Å². The summed E-state index contributed by atoms with van der Waals surface area (Å²) in [5.41, 5.74) is 0.815. The van der Waals surface area contributed by atoms with E-state index in [-0.39, 0.29) is 39.2 Å². The number of hydrogen-bond acceptors (Lipinski definition) is 7. The third kappa shape index (κ3) is 4.38. The average molecular weight is 526 g/mol. The number of ether oxygens (including phenoxy) is 2. The zero-order valence-electron chi connectivity index (χ0n) is 18.3. The standard InChI is InChI=1S/C22H21Cl2N3O6S/c1-13-11-19(28)26-9-4-6-17(21(26)25-13)33-12-14-15(23)7-8-18(20(14)24)34(30,31)27-10-3-5-16(27)22(29)32-2/h4,6-9,11,16H,3,5,10,12H2,1-2H3/t16-/m0/s1. The number of hydrogen-bond donors (Lipinski definition) is 0. The Kier molecular flexibility index (Phi) is 6.86. The maximum Gasteiger partial charge on any atom is 0.324 e. The number of halogens is 2. The van der Waals surface area contributed by atoms with Crippen LogP contribution < -0.4 is 10.3 Å². The van der Waals surface area contributed by atoms with E-state index < -0.39 is 22.0 Å². The van der Waals surface area contributed by atoms with Gasteiger partial charge in [-0.2, -0.15) is 4.31 Å². The molecule has 0 amide bonds. The van der Waals surface area contributed by atoms with Crippen molar-refractivity contribution in [2.24, 2.45) is 0 Å². The Morgan fingerprint density at radius 2 is 2.03 bits per heavy atom. The largest absolute Gasteiger partial charge is 0.485 e. The third-order valence-corrected chi connectivity index (χ3v) is 8.42. The highest BCUT2D eigenvalue weighted by Gasteiger charge is 2.41. The van der Waals surface area contributed by atoms with Crippen molar-refractivity contribution in [3.8, 4) is 5.75 Å². The molecule has 12 heteroatoms. The number of carbonyl (C=O) groups is 1. The van der Waals surface area contributed by atoms with Gasteiger partial charge < -0.3 is 9.47 Å². The van der Waals surface area contributed by atoms with Gasteiger partial charge in [0.2, 0.25) is 10.0 Å². The Hall–Kier alpha value is -2.66. The molecule has 0 aliphatic carbocycles. The number of nitrogens with zero attached hydrogens (tertiary/aromatic N) is 3. The molecule has 1 aromatic carbocycles. The summed E-state index contributed by atoms with van der Waals surface area (Å²) < 4.78 is 39.8. The lowest BCUT2D eigenvalue weighted by atomic mass is 10.2. The van der Waals surface area contributed by atoms with Gasteiger partial charge in [-0.1, -0.05) is 23.2 Å². The number of rotatable bonds is 6. The Morgan fingerprint density at radius 3 is 2.76 bits per heavy atom. The fourth-order valence-electron chi connectivity index (χ4n) is 3.91. The first-order chi connectivity index (χ1) is 16.1. The van der Waals surface area contributed by atoms with Crippen molar-refractivity contribution in [1.82, 2.24) is 13.7 Å². The van der Waals surface area contributed by atoms with Crippen LogP contribution in [0.4, 0.5) is 0 Å². The maximum atomic E-state index is 13.4. The highest BCUT2D eigenvalue weighted by atomic mass is 35.5. The Balaban J connectivity index is 1.69. The average Bonchev–Trinajstić information content (AvgIpc) is 3.29. The van der Waals surface area contributed by atoms with Gasteiger partial charge in [0.15, 0.2) is 11.4 Å². The van der Waals surface area contributed by atoms with Crippen LogP contribution in [0.3, 0.4) is 0 Å². The fourth-order valence-corrected chi connectivity index (χ4v) is 6.42. The fraction of sp³-hybridized carbons (Fsp3) is 0.318. The number of fused-ring (bicyclic) bond motifs is 1. The molecular formula is C22H21Cl2N3O6S. The molecule has 0 saturated carbocycles. The van der Waals surface area contributed by atoms with Crippen LogP contribution in [0, 0.1) is 6.92 Å². The summed E-state index contributed by atoms with van der Waals surface area (Å²) >= 11 is 12.8. The molecule has 1 aliphatic heterocycles. The molecule has 9 nitrogen and oxygen atoms in total. The van der Waals surface area contributed by atoms with Crippen LogP contribution in [0.1, 0.15) is 24.1 Å². The van der Waals surface area contributed by atoms with Crippen LogP contribution in [0.5, 0.6) is 5.75 Å². The molecule has 1 atom stereocenters. The molecule has 0 bridgehead atoms. The molecule has 2 aromatic heterocycles. The summed E-state index contributed by atoms with van der Waals surface area (Å²) in [6.07, 6.45) is 2.45. The maximum absolute atomic E-state index is 13.4. The minimum absolute atomic E-state index is 0.107. The lowest BCUT2D eigenvalue weighted by Crippen LogP contribution is -2.41. The lowest BCUT2D eigenvalue weighted by molar-refractivity contribution is -0.144. The molecular weight excluding hydrogens is 505 g/mol. The van der Waals surface area contributed by atoms with Crippen molar-refractivity contribution in [3.05, 3.63) is 68.2 Å². The summed E-state index contributed by atoms with van der Waals surface area (Å²) in [7, 11) is -2.90. The predicted molar refractivity (Wildman–Crippen MR) is 126 cm³/mol. The van der Waals surface area contributed by atoms with Gasteiger partial charge >= 0.3 is 5.97 Å². The van der Waals surface area contributed by atoms with Gasteiger partial charge in [0.25, 0.3) is 5.56 Å². The first-order valence-electron chi connectivity index (χ1n) is 10.3. The van der Waals surface area contributed by atoms with Gasteiger partial charge in [0, 0.05) is 35.1 Å². The van der Waals surface area contributed by atoms with E-state index in [1.807, 2.05) is 0 Å². The Labute approximate surface area is 205 Å². The number of methoxy groups -OCH3 is 1. The van der Waals surface area contributed by atoms with Gasteiger partial charge in [-0.05, 0) is 44.0 Å². The number of pyridine rings is 1. The molecule has 0 radical (unpaired) electrons. The van der Waals surface area contributed by atoms with Gasteiger partial charge in [-0.15, -0.1) is 0 Å². The molecule has 1 saturated heterocycles. The summed E-state index contributed by atoms with van der Waals surface area (Å²) in [5, 5.41) is 0.0981. The molecule has 4 rings (SSSR count). The SMILES string of the molecule is COC(=O)[C@@H]1CCCN1S(=O)(=O)c1ccc(Cl)c(COc2cccn3c(=O)cc(C)nc23)c1Cl.